The highest BCUT2D eigenvalue weighted by molar-refractivity contribution is 6.21. The lowest BCUT2D eigenvalue weighted by atomic mass is 10.2. The van der Waals surface area contributed by atoms with E-state index in [-0.39, 0.29) is 12.4 Å². The third-order valence-corrected chi connectivity index (χ3v) is 3.13. The standard InChI is InChI=1S/C9H12ClN3O4/c10-6-4(3-14)17-8(7(6)15)13-2-1-5(11)12-9(13)16/h1-2,4,6-8,14-15H,3H2,(H2,11,12,16). The van der Waals surface area contributed by atoms with Crippen LogP contribution in [0.3, 0.4) is 0 Å². The van der Waals surface area contributed by atoms with Gasteiger partial charge in [0.15, 0.2) is 6.23 Å². The second-order valence-corrected chi connectivity index (χ2v) is 4.23. The fraction of sp³-hybridized carbons (Fsp3) is 0.556. The van der Waals surface area contributed by atoms with Gasteiger partial charge in [-0.3, -0.25) is 4.57 Å². The van der Waals surface area contributed by atoms with Gasteiger partial charge in [0.25, 0.3) is 0 Å². The molecule has 1 aliphatic rings. The number of rotatable bonds is 2. The number of anilines is 1. The second kappa shape index (κ2) is 4.61. The van der Waals surface area contributed by atoms with Crippen LogP contribution in [0.5, 0.6) is 0 Å². The Balaban J connectivity index is 2.32. The van der Waals surface area contributed by atoms with E-state index in [1.165, 1.54) is 12.3 Å². The summed E-state index contributed by atoms with van der Waals surface area (Å²) in [6, 6.07) is 1.41. The summed E-state index contributed by atoms with van der Waals surface area (Å²) in [5.74, 6) is 0.0832. The van der Waals surface area contributed by atoms with E-state index in [2.05, 4.69) is 4.98 Å². The SMILES string of the molecule is Nc1ccn(C2OC(CO)C(Cl)C2O)c(=O)n1. The Morgan fingerprint density at radius 2 is 2.35 bits per heavy atom. The maximum Gasteiger partial charge on any atom is 0.351 e. The van der Waals surface area contributed by atoms with E-state index in [4.69, 9.17) is 27.2 Å². The van der Waals surface area contributed by atoms with Crippen molar-refractivity contribution in [2.24, 2.45) is 0 Å². The van der Waals surface area contributed by atoms with Crippen LogP contribution in [-0.4, -0.2) is 44.0 Å². The van der Waals surface area contributed by atoms with Crippen molar-refractivity contribution >= 4 is 17.4 Å². The summed E-state index contributed by atoms with van der Waals surface area (Å²) in [6.07, 6.45) is -1.42. The Hall–Kier alpha value is -1.15. The number of aromatic nitrogens is 2. The number of hydrogen-bond acceptors (Lipinski definition) is 6. The number of aliphatic hydroxyl groups is 2. The van der Waals surface area contributed by atoms with Crippen molar-refractivity contribution in [1.29, 1.82) is 0 Å². The van der Waals surface area contributed by atoms with Crippen LogP contribution in [-0.2, 0) is 4.74 Å². The Kier molecular flexibility index (Phi) is 3.34. The van der Waals surface area contributed by atoms with Crippen molar-refractivity contribution in [2.75, 3.05) is 12.3 Å². The zero-order chi connectivity index (χ0) is 12.6. The smallest absolute Gasteiger partial charge is 0.351 e. The van der Waals surface area contributed by atoms with Gasteiger partial charge in [-0.2, -0.15) is 4.98 Å². The molecule has 0 aliphatic carbocycles. The van der Waals surface area contributed by atoms with Gasteiger partial charge in [-0.25, -0.2) is 4.79 Å². The first kappa shape index (κ1) is 12.3. The summed E-state index contributed by atoms with van der Waals surface area (Å²) in [6.45, 7) is -0.334. The molecule has 2 heterocycles. The number of halogens is 1. The Morgan fingerprint density at radius 3 is 2.88 bits per heavy atom. The van der Waals surface area contributed by atoms with Gasteiger partial charge in [-0.05, 0) is 6.07 Å². The van der Waals surface area contributed by atoms with E-state index in [1.54, 1.807) is 0 Å². The van der Waals surface area contributed by atoms with Crippen LogP contribution in [0.15, 0.2) is 17.1 Å². The molecule has 0 radical (unpaired) electrons. The van der Waals surface area contributed by atoms with Gasteiger partial charge < -0.3 is 20.7 Å². The quantitative estimate of drug-likeness (QED) is 0.570. The summed E-state index contributed by atoms with van der Waals surface area (Å²) in [7, 11) is 0. The number of alkyl halides is 1. The monoisotopic (exact) mass is 261 g/mol. The third-order valence-electron chi connectivity index (χ3n) is 2.59. The van der Waals surface area contributed by atoms with E-state index in [0.29, 0.717) is 0 Å². The molecule has 0 aromatic carbocycles. The van der Waals surface area contributed by atoms with Gasteiger partial charge in [0.05, 0.1) is 12.0 Å². The number of nitrogen functional groups attached to an aromatic ring is 1. The van der Waals surface area contributed by atoms with Crippen molar-refractivity contribution in [2.45, 2.75) is 23.8 Å². The molecule has 1 aromatic heterocycles. The summed E-state index contributed by atoms with van der Waals surface area (Å²) in [4.78, 5) is 15.1. The number of aliphatic hydroxyl groups excluding tert-OH is 2. The highest BCUT2D eigenvalue weighted by Crippen LogP contribution is 2.31. The Bertz CT molecular complexity index is 466. The molecule has 1 aromatic rings. The van der Waals surface area contributed by atoms with Crippen molar-refractivity contribution in [3.8, 4) is 0 Å². The fourth-order valence-electron chi connectivity index (χ4n) is 1.71. The van der Waals surface area contributed by atoms with Crippen LogP contribution < -0.4 is 11.4 Å². The predicted octanol–water partition coefficient (Wildman–Crippen LogP) is -1.32. The first-order valence-electron chi connectivity index (χ1n) is 4.97. The van der Waals surface area contributed by atoms with Gasteiger partial charge in [0, 0.05) is 6.20 Å². The molecule has 94 valence electrons. The molecule has 1 saturated heterocycles. The molecule has 0 saturated carbocycles. The first-order chi connectivity index (χ1) is 8.04. The molecule has 4 unspecified atom stereocenters. The largest absolute Gasteiger partial charge is 0.394 e. The molecule has 17 heavy (non-hydrogen) atoms. The Labute approximate surface area is 101 Å². The predicted molar refractivity (Wildman–Crippen MR) is 59.6 cm³/mol. The van der Waals surface area contributed by atoms with Gasteiger partial charge in [0.1, 0.15) is 18.0 Å². The lowest BCUT2D eigenvalue weighted by Gasteiger charge is -2.16. The average Bonchev–Trinajstić information content (AvgIpc) is 2.57. The minimum atomic E-state index is -1.10. The highest BCUT2D eigenvalue weighted by atomic mass is 35.5. The van der Waals surface area contributed by atoms with Crippen LogP contribution in [0.4, 0.5) is 5.82 Å². The number of nitrogens with zero attached hydrogens (tertiary/aromatic N) is 2. The molecule has 4 N–H and O–H groups in total. The maximum absolute atomic E-state index is 11.5. The maximum atomic E-state index is 11.5. The number of ether oxygens (including phenoxy) is 1. The highest BCUT2D eigenvalue weighted by Gasteiger charge is 2.43. The van der Waals surface area contributed by atoms with Crippen LogP contribution in [0.25, 0.3) is 0 Å². The lowest BCUT2D eigenvalue weighted by molar-refractivity contribution is -0.0529. The fourth-order valence-corrected chi connectivity index (χ4v) is 1.97. The molecule has 1 fully saturated rings. The van der Waals surface area contributed by atoms with Crippen molar-refractivity contribution in [3.05, 3.63) is 22.7 Å². The third kappa shape index (κ3) is 2.14. The molecule has 2 rings (SSSR count). The minimum absolute atomic E-state index is 0.0832. The van der Waals surface area contributed by atoms with Gasteiger partial charge in [-0.15, -0.1) is 11.6 Å². The van der Waals surface area contributed by atoms with Gasteiger partial charge >= 0.3 is 5.69 Å². The molecule has 0 spiro atoms. The summed E-state index contributed by atoms with van der Waals surface area (Å²) < 4.78 is 6.38. The zero-order valence-electron chi connectivity index (χ0n) is 8.73. The summed E-state index contributed by atoms with van der Waals surface area (Å²) in [5, 5.41) is 18.0. The lowest BCUT2D eigenvalue weighted by Crippen LogP contribution is -2.33. The first-order valence-corrected chi connectivity index (χ1v) is 5.41. The molecular weight excluding hydrogens is 250 g/mol. The zero-order valence-corrected chi connectivity index (χ0v) is 9.49. The van der Waals surface area contributed by atoms with Crippen LogP contribution in [0.1, 0.15) is 6.23 Å². The molecule has 0 bridgehead atoms. The normalized spacial score (nSPS) is 32.9. The topological polar surface area (TPSA) is 111 Å². The molecule has 7 nitrogen and oxygen atoms in total. The molecule has 1 aliphatic heterocycles. The minimum Gasteiger partial charge on any atom is -0.394 e. The molecule has 4 atom stereocenters. The summed E-state index contributed by atoms with van der Waals surface area (Å²) >= 11 is 5.86. The molecule has 8 heteroatoms. The number of hydrogen-bond donors (Lipinski definition) is 3. The summed E-state index contributed by atoms with van der Waals surface area (Å²) in [5.41, 5.74) is 4.71. The van der Waals surface area contributed by atoms with Crippen molar-refractivity contribution < 1.29 is 14.9 Å². The van der Waals surface area contributed by atoms with Crippen molar-refractivity contribution in [3.63, 3.8) is 0 Å². The van der Waals surface area contributed by atoms with E-state index < -0.39 is 29.5 Å². The van der Waals surface area contributed by atoms with Crippen LogP contribution >= 0.6 is 11.6 Å². The van der Waals surface area contributed by atoms with E-state index in [0.717, 1.165) is 4.57 Å². The van der Waals surface area contributed by atoms with E-state index >= 15 is 0 Å². The van der Waals surface area contributed by atoms with E-state index in [1.807, 2.05) is 0 Å². The van der Waals surface area contributed by atoms with E-state index in [9.17, 15) is 9.90 Å². The van der Waals surface area contributed by atoms with Gasteiger partial charge in [-0.1, -0.05) is 0 Å². The van der Waals surface area contributed by atoms with Crippen molar-refractivity contribution in [1.82, 2.24) is 9.55 Å². The Morgan fingerprint density at radius 1 is 1.65 bits per heavy atom. The molecular formula is C9H12ClN3O4. The average molecular weight is 262 g/mol. The van der Waals surface area contributed by atoms with Crippen LogP contribution in [0.2, 0.25) is 0 Å². The second-order valence-electron chi connectivity index (χ2n) is 3.72. The molecule has 0 amide bonds. The number of nitrogens with two attached hydrogens (primary N) is 1. The van der Waals surface area contributed by atoms with Crippen LogP contribution in [0, 0.1) is 0 Å². The van der Waals surface area contributed by atoms with Gasteiger partial charge in [0.2, 0.25) is 0 Å².